The first-order valence-electron chi connectivity index (χ1n) is 7.73. The van der Waals surface area contributed by atoms with Crippen LogP contribution in [-0.2, 0) is 9.59 Å². The van der Waals surface area contributed by atoms with Crippen molar-refractivity contribution in [3.8, 4) is 0 Å². The Morgan fingerprint density at radius 1 is 0.789 bits per heavy atom. The molecule has 2 aliphatic carbocycles. The maximum Gasteiger partial charge on any atom is 0.241 e. The first-order valence-corrected chi connectivity index (χ1v) is 7.73. The van der Waals surface area contributed by atoms with Gasteiger partial charge in [-0.2, -0.15) is 0 Å². The largest absolute Gasteiger partial charge is 0.274 e. The lowest BCUT2D eigenvalue weighted by atomic mass is 9.71. The molecule has 0 spiro atoms. The van der Waals surface area contributed by atoms with Crippen molar-refractivity contribution in [1.29, 1.82) is 0 Å². The quantitative estimate of drug-likeness (QED) is 0.755. The van der Waals surface area contributed by atoms with Crippen molar-refractivity contribution in [2.75, 3.05) is 0 Å². The van der Waals surface area contributed by atoms with Gasteiger partial charge in [0.1, 0.15) is 0 Å². The molecule has 4 heteroatoms. The van der Waals surface area contributed by atoms with Crippen LogP contribution in [0.1, 0.15) is 64.7 Å². The highest BCUT2D eigenvalue weighted by molar-refractivity contribution is 5.82. The lowest BCUT2D eigenvalue weighted by Crippen LogP contribution is -2.44. The van der Waals surface area contributed by atoms with Gasteiger partial charge < -0.3 is 0 Å². The molecular formula is C15H26N2O2. The predicted molar refractivity (Wildman–Crippen MR) is 74.0 cm³/mol. The molecule has 0 aromatic carbocycles. The Labute approximate surface area is 115 Å². The van der Waals surface area contributed by atoms with E-state index in [0.717, 1.165) is 24.7 Å². The molecule has 0 atom stereocenters. The zero-order chi connectivity index (χ0) is 13.7. The highest BCUT2D eigenvalue weighted by Crippen LogP contribution is 2.39. The lowest BCUT2D eigenvalue weighted by Gasteiger charge is -2.35. The molecule has 0 aromatic heterocycles. The SMILES string of the molecule is CC(=O)NNC(=O)C1CCC(C2CCCCC2)CC1. The first-order chi connectivity index (χ1) is 9.16. The highest BCUT2D eigenvalue weighted by Gasteiger charge is 2.31. The lowest BCUT2D eigenvalue weighted by molar-refractivity contribution is -0.131. The molecule has 2 N–H and O–H groups in total. The monoisotopic (exact) mass is 266 g/mol. The molecule has 0 aromatic rings. The van der Waals surface area contributed by atoms with E-state index in [1.807, 2.05) is 0 Å². The van der Waals surface area contributed by atoms with Crippen LogP contribution in [0.4, 0.5) is 0 Å². The van der Waals surface area contributed by atoms with Crippen molar-refractivity contribution in [1.82, 2.24) is 10.9 Å². The minimum atomic E-state index is -0.218. The Morgan fingerprint density at radius 3 is 1.95 bits per heavy atom. The van der Waals surface area contributed by atoms with Crippen LogP contribution in [-0.4, -0.2) is 11.8 Å². The van der Waals surface area contributed by atoms with Gasteiger partial charge >= 0.3 is 0 Å². The molecule has 2 amide bonds. The van der Waals surface area contributed by atoms with Gasteiger partial charge in [0.05, 0.1) is 0 Å². The maximum atomic E-state index is 11.9. The van der Waals surface area contributed by atoms with Gasteiger partial charge in [-0.1, -0.05) is 32.1 Å². The summed E-state index contributed by atoms with van der Waals surface area (Å²) < 4.78 is 0. The van der Waals surface area contributed by atoms with Gasteiger partial charge in [0, 0.05) is 12.8 Å². The standard InChI is InChI=1S/C15H26N2O2/c1-11(18)16-17-15(19)14-9-7-13(8-10-14)12-5-3-2-4-6-12/h12-14H,2-10H2,1H3,(H,16,18)(H,17,19). The van der Waals surface area contributed by atoms with Crippen molar-refractivity contribution >= 4 is 11.8 Å². The summed E-state index contributed by atoms with van der Waals surface area (Å²) in [4.78, 5) is 22.6. The van der Waals surface area contributed by atoms with Crippen molar-refractivity contribution in [3.63, 3.8) is 0 Å². The van der Waals surface area contributed by atoms with Crippen molar-refractivity contribution in [2.24, 2.45) is 17.8 Å². The molecule has 0 bridgehead atoms. The van der Waals surface area contributed by atoms with Crippen LogP contribution in [0.15, 0.2) is 0 Å². The number of carbonyl (C=O) groups is 2. The van der Waals surface area contributed by atoms with Gasteiger partial charge in [0.25, 0.3) is 0 Å². The van der Waals surface area contributed by atoms with E-state index in [0.29, 0.717) is 0 Å². The second-order valence-corrected chi connectivity index (χ2v) is 6.18. The van der Waals surface area contributed by atoms with E-state index in [9.17, 15) is 9.59 Å². The summed E-state index contributed by atoms with van der Waals surface area (Å²) >= 11 is 0. The molecule has 0 heterocycles. The normalized spacial score (nSPS) is 28.7. The molecule has 0 saturated heterocycles. The zero-order valence-corrected chi connectivity index (χ0v) is 11.9. The fraction of sp³-hybridized carbons (Fsp3) is 0.867. The molecule has 0 radical (unpaired) electrons. The average molecular weight is 266 g/mol. The molecule has 0 aliphatic heterocycles. The number of hydrazine groups is 1. The van der Waals surface area contributed by atoms with Gasteiger partial charge in [-0.15, -0.1) is 0 Å². The van der Waals surface area contributed by atoms with Crippen molar-refractivity contribution in [2.45, 2.75) is 64.7 Å². The maximum absolute atomic E-state index is 11.9. The summed E-state index contributed by atoms with van der Waals surface area (Å²) in [6.45, 7) is 1.40. The number of hydrogen-bond donors (Lipinski definition) is 2. The summed E-state index contributed by atoms with van der Waals surface area (Å²) in [5.74, 6) is 1.60. The highest BCUT2D eigenvalue weighted by atomic mass is 16.2. The zero-order valence-electron chi connectivity index (χ0n) is 11.9. The Balaban J connectivity index is 1.72. The van der Waals surface area contributed by atoms with Gasteiger partial charge in [-0.25, -0.2) is 0 Å². The van der Waals surface area contributed by atoms with Gasteiger partial charge in [0.2, 0.25) is 11.8 Å². The Morgan fingerprint density at radius 2 is 1.37 bits per heavy atom. The van der Waals surface area contributed by atoms with Crippen LogP contribution < -0.4 is 10.9 Å². The predicted octanol–water partition coefficient (Wildman–Crippen LogP) is 2.54. The van der Waals surface area contributed by atoms with Crippen molar-refractivity contribution in [3.05, 3.63) is 0 Å². The van der Waals surface area contributed by atoms with E-state index < -0.39 is 0 Å². The van der Waals surface area contributed by atoms with Crippen LogP contribution in [0.5, 0.6) is 0 Å². The molecule has 19 heavy (non-hydrogen) atoms. The summed E-state index contributed by atoms with van der Waals surface area (Å²) in [6, 6.07) is 0. The minimum Gasteiger partial charge on any atom is -0.274 e. The number of rotatable bonds is 2. The number of amides is 2. The van der Waals surface area contributed by atoms with Gasteiger partial charge in [-0.05, 0) is 37.5 Å². The van der Waals surface area contributed by atoms with E-state index in [1.165, 1.54) is 51.9 Å². The Hall–Kier alpha value is -1.06. The summed E-state index contributed by atoms with van der Waals surface area (Å²) in [5.41, 5.74) is 4.89. The number of nitrogens with one attached hydrogen (secondary N) is 2. The molecule has 0 unspecified atom stereocenters. The molecule has 2 aliphatic rings. The minimum absolute atomic E-state index is 0.0164. The molecule has 4 nitrogen and oxygen atoms in total. The van der Waals surface area contributed by atoms with Gasteiger partial charge in [-0.3, -0.25) is 20.4 Å². The topological polar surface area (TPSA) is 58.2 Å². The van der Waals surface area contributed by atoms with Crippen LogP contribution in [0, 0.1) is 17.8 Å². The third kappa shape index (κ3) is 4.22. The molecule has 2 saturated carbocycles. The summed E-state index contributed by atoms with van der Waals surface area (Å²) in [5, 5.41) is 0. The summed E-state index contributed by atoms with van der Waals surface area (Å²) in [6.07, 6.45) is 11.3. The van der Waals surface area contributed by atoms with E-state index in [2.05, 4.69) is 10.9 Å². The van der Waals surface area contributed by atoms with Crippen LogP contribution >= 0.6 is 0 Å². The fourth-order valence-corrected chi connectivity index (χ4v) is 3.71. The summed E-state index contributed by atoms with van der Waals surface area (Å²) in [7, 11) is 0. The Bertz CT molecular complexity index is 316. The first kappa shape index (κ1) is 14.4. The molecule has 2 rings (SSSR count). The van der Waals surface area contributed by atoms with Crippen LogP contribution in [0.25, 0.3) is 0 Å². The van der Waals surface area contributed by atoms with Gasteiger partial charge in [0.15, 0.2) is 0 Å². The second kappa shape index (κ2) is 6.92. The van der Waals surface area contributed by atoms with Crippen LogP contribution in [0.3, 0.4) is 0 Å². The van der Waals surface area contributed by atoms with E-state index >= 15 is 0 Å². The van der Waals surface area contributed by atoms with Crippen molar-refractivity contribution < 1.29 is 9.59 Å². The molecular weight excluding hydrogens is 240 g/mol. The Kier molecular flexibility index (Phi) is 5.23. The van der Waals surface area contributed by atoms with E-state index in [4.69, 9.17) is 0 Å². The number of hydrogen-bond acceptors (Lipinski definition) is 2. The van der Waals surface area contributed by atoms with Crippen LogP contribution in [0.2, 0.25) is 0 Å². The second-order valence-electron chi connectivity index (χ2n) is 6.18. The average Bonchev–Trinajstić information content (AvgIpc) is 2.46. The molecule has 2 fully saturated rings. The third-order valence-corrected chi connectivity index (χ3v) is 4.82. The van der Waals surface area contributed by atoms with E-state index in [1.54, 1.807) is 0 Å². The number of carbonyl (C=O) groups excluding carboxylic acids is 2. The van der Waals surface area contributed by atoms with E-state index in [-0.39, 0.29) is 17.7 Å². The molecule has 108 valence electrons. The fourth-order valence-electron chi connectivity index (χ4n) is 3.71. The smallest absolute Gasteiger partial charge is 0.241 e. The third-order valence-electron chi connectivity index (χ3n) is 4.82.